The van der Waals surface area contributed by atoms with Crippen molar-refractivity contribution in [1.82, 2.24) is 0 Å². The number of rotatable bonds is 3. The van der Waals surface area contributed by atoms with Gasteiger partial charge in [0.05, 0.1) is 14.8 Å². The zero-order chi connectivity index (χ0) is 13.2. The Morgan fingerprint density at radius 2 is 1.88 bits per heavy atom. The largest absolute Gasteiger partial charge is 0.387 e. The average Bonchev–Trinajstić information content (AvgIpc) is 2.22. The monoisotopic (exact) mass is 572 g/mol. The van der Waals surface area contributed by atoms with E-state index in [9.17, 15) is 9.59 Å². The number of nitrogens with one attached hydrogen (secondary N) is 1. The molecule has 1 aromatic rings. The van der Waals surface area contributed by atoms with Crippen LogP contribution in [-0.4, -0.2) is 23.5 Å². The predicted octanol–water partition coefficient (Wildman–Crippen LogP) is 1.53. The minimum atomic E-state index is -0.607. The molecule has 92 valence electrons. The van der Waals surface area contributed by atoms with Gasteiger partial charge in [-0.1, -0.05) is 0 Å². The molecule has 0 saturated heterocycles. The highest BCUT2D eigenvalue weighted by molar-refractivity contribution is 14.1. The van der Waals surface area contributed by atoms with Gasteiger partial charge in [0, 0.05) is 7.14 Å². The van der Waals surface area contributed by atoms with E-state index in [1.54, 1.807) is 6.07 Å². The zero-order valence-corrected chi connectivity index (χ0v) is 14.7. The first-order valence-electron chi connectivity index (χ1n) is 4.26. The molecule has 0 fully saturated rings. The van der Waals surface area contributed by atoms with Gasteiger partial charge < -0.3 is 16.2 Å². The first-order valence-corrected chi connectivity index (χ1v) is 7.50. The molecule has 0 spiro atoms. The van der Waals surface area contributed by atoms with Gasteiger partial charge in [0.1, 0.15) is 6.61 Å². The summed E-state index contributed by atoms with van der Waals surface area (Å²) in [7, 11) is 0. The van der Waals surface area contributed by atoms with Crippen LogP contribution in [0.1, 0.15) is 10.4 Å². The van der Waals surface area contributed by atoms with Crippen molar-refractivity contribution in [3.8, 4) is 0 Å². The van der Waals surface area contributed by atoms with Gasteiger partial charge in [-0.3, -0.25) is 9.59 Å². The van der Waals surface area contributed by atoms with E-state index in [4.69, 9.17) is 10.8 Å². The minimum Gasteiger partial charge on any atom is -0.387 e. The van der Waals surface area contributed by atoms with E-state index >= 15 is 0 Å². The Kier molecular flexibility index (Phi) is 5.85. The maximum Gasteiger partial charge on any atom is 0.250 e. The standard InChI is InChI=1S/C9H7I3N2O3/c10-3-1-4(11)8(14-5(16)2-15)7(12)6(3)9(13)17/h1,15H,2H2,(H2,13,17)(H,14,16). The van der Waals surface area contributed by atoms with Crippen LogP contribution in [0.25, 0.3) is 0 Å². The second-order valence-electron chi connectivity index (χ2n) is 2.97. The third-order valence-corrected chi connectivity index (χ3v) is 4.60. The number of carbonyl (C=O) groups is 2. The number of primary amides is 1. The molecular weight excluding hydrogens is 565 g/mol. The number of anilines is 1. The van der Waals surface area contributed by atoms with Gasteiger partial charge in [0.25, 0.3) is 5.91 Å². The summed E-state index contributed by atoms with van der Waals surface area (Å²) in [6, 6.07) is 1.75. The van der Waals surface area contributed by atoms with Crippen LogP contribution < -0.4 is 11.1 Å². The molecule has 2 amide bonds. The topological polar surface area (TPSA) is 92.4 Å². The van der Waals surface area contributed by atoms with E-state index in [0.717, 1.165) is 7.14 Å². The molecule has 0 aliphatic rings. The summed E-state index contributed by atoms with van der Waals surface area (Å²) < 4.78 is 2.09. The fourth-order valence-electron chi connectivity index (χ4n) is 1.11. The van der Waals surface area contributed by atoms with Crippen molar-refractivity contribution in [1.29, 1.82) is 0 Å². The Hall–Kier alpha value is 0.310. The van der Waals surface area contributed by atoms with Crippen LogP contribution in [-0.2, 0) is 4.79 Å². The summed E-state index contributed by atoms with van der Waals surface area (Å²) in [6.07, 6.45) is 0. The second kappa shape index (κ2) is 6.47. The lowest BCUT2D eigenvalue weighted by atomic mass is 10.2. The molecule has 8 heteroatoms. The Bertz CT molecular complexity index is 491. The maximum absolute atomic E-state index is 11.3. The third-order valence-electron chi connectivity index (χ3n) is 1.82. The van der Waals surface area contributed by atoms with Crippen LogP contribution in [0.15, 0.2) is 6.07 Å². The molecule has 0 aliphatic carbocycles. The highest BCUT2D eigenvalue weighted by atomic mass is 127. The maximum atomic E-state index is 11.3. The molecule has 0 aromatic heterocycles. The van der Waals surface area contributed by atoms with Crippen molar-refractivity contribution >= 4 is 85.3 Å². The second-order valence-corrected chi connectivity index (χ2v) is 6.38. The first kappa shape index (κ1) is 15.4. The molecule has 4 N–H and O–H groups in total. The van der Waals surface area contributed by atoms with Crippen molar-refractivity contribution in [2.75, 3.05) is 11.9 Å². The number of aliphatic hydroxyl groups is 1. The van der Waals surface area contributed by atoms with Gasteiger partial charge in [-0.2, -0.15) is 0 Å². The Labute approximate surface area is 138 Å². The molecular formula is C9H7I3N2O3. The van der Waals surface area contributed by atoms with Crippen LogP contribution in [0.4, 0.5) is 5.69 Å². The summed E-state index contributed by atoms with van der Waals surface area (Å²) in [5.74, 6) is -1.08. The number of aliphatic hydroxyl groups excluding tert-OH is 1. The third kappa shape index (κ3) is 3.64. The molecule has 0 unspecified atom stereocenters. The Balaban J connectivity index is 3.35. The molecule has 1 aromatic carbocycles. The van der Waals surface area contributed by atoms with Crippen LogP contribution in [0.5, 0.6) is 0 Å². The van der Waals surface area contributed by atoms with Crippen molar-refractivity contribution in [3.05, 3.63) is 22.3 Å². The highest BCUT2D eigenvalue weighted by Crippen LogP contribution is 2.31. The van der Waals surface area contributed by atoms with Crippen LogP contribution in [0.2, 0.25) is 0 Å². The summed E-state index contributed by atoms with van der Waals surface area (Å²) in [5.41, 5.74) is 6.16. The minimum absolute atomic E-state index is 0.375. The molecule has 0 saturated carbocycles. The molecule has 17 heavy (non-hydrogen) atoms. The Morgan fingerprint density at radius 3 is 2.35 bits per heavy atom. The SMILES string of the molecule is NC(=O)c1c(I)cc(I)c(NC(=O)CO)c1I. The van der Waals surface area contributed by atoms with Gasteiger partial charge in [-0.05, 0) is 73.8 Å². The predicted molar refractivity (Wildman–Crippen MR) is 88.8 cm³/mol. The van der Waals surface area contributed by atoms with E-state index in [1.165, 1.54) is 0 Å². The van der Waals surface area contributed by atoms with Crippen LogP contribution in [0.3, 0.4) is 0 Å². The van der Waals surface area contributed by atoms with E-state index in [1.807, 2.05) is 67.8 Å². The van der Waals surface area contributed by atoms with E-state index in [2.05, 4.69) is 5.32 Å². The van der Waals surface area contributed by atoms with Gasteiger partial charge >= 0.3 is 0 Å². The number of hydrogen-bond acceptors (Lipinski definition) is 3. The Morgan fingerprint density at radius 1 is 1.29 bits per heavy atom. The molecule has 0 bridgehead atoms. The zero-order valence-electron chi connectivity index (χ0n) is 8.26. The quantitative estimate of drug-likeness (QED) is 0.481. The number of hydrogen-bond donors (Lipinski definition) is 3. The lowest BCUT2D eigenvalue weighted by Gasteiger charge is -2.13. The average molecular weight is 572 g/mol. The fraction of sp³-hybridized carbons (Fsp3) is 0.111. The first-order chi connectivity index (χ1) is 7.88. The van der Waals surface area contributed by atoms with Gasteiger partial charge in [0.15, 0.2) is 0 Å². The summed E-state index contributed by atoms with van der Waals surface area (Å²) in [6.45, 7) is -0.607. The van der Waals surface area contributed by atoms with Crippen molar-refractivity contribution < 1.29 is 14.7 Å². The molecule has 5 nitrogen and oxygen atoms in total. The van der Waals surface area contributed by atoms with Crippen LogP contribution in [0, 0.1) is 10.7 Å². The molecule has 1 rings (SSSR count). The highest BCUT2D eigenvalue weighted by Gasteiger charge is 2.18. The smallest absolute Gasteiger partial charge is 0.250 e. The van der Waals surface area contributed by atoms with E-state index < -0.39 is 18.4 Å². The van der Waals surface area contributed by atoms with Gasteiger partial charge in [-0.25, -0.2) is 0 Å². The fourth-order valence-corrected chi connectivity index (χ4v) is 5.28. The summed E-state index contributed by atoms with van der Waals surface area (Å²) >= 11 is 6.01. The van der Waals surface area contributed by atoms with E-state index in [0.29, 0.717) is 14.8 Å². The summed E-state index contributed by atoms with van der Waals surface area (Å²) in [4.78, 5) is 22.5. The van der Waals surface area contributed by atoms with Crippen molar-refractivity contribution in [2.45, 2.75) is 0 Å². The van der Waals surface area contributed by atoms with Gasteiger partial charge in [0.2, 0.25) is 5.91 Å². The number of carbonyl (C=O) groups excluding carboxylic acids is 2. The lowest BCUT2D eigenvalue weighted by molar-refractivity contribution is -0.118. The molecule has 0 aliphatic heterocycles. The number of amides is 2. The molecule has 0 radical (unpaired) electrons. The number of benzene rings is 1. The molecule has 0 atom stereocenters. The number of nitrogens with two attached hydrogens (primary N) is 1. The normalized spacial score (nSPS) is 10.1. The molecule has 0 heterocycles. The van der Waals surface area contributed by atoms with Gasteiger partial charge in [-0.15, -0.1) is 0 Å². The summed E-state index contributed by atoms with van der Waals surface area (Å²) in [5, 5.41) is 11.2. The number of halogens is 3. The van der Waals surface area contributed by atoms with Crippen molar-refractivity contribution in [3.63, 3.8) is 0 Å². The van der Waals surface area contributed by atoms with Crippen molar-refractivity contribution in [2.24, 2.45) is 5.73 Å². The van der Waals surface area contributed by atoms with E-state index in [-0.39, 0.29) is 0 Å². The van der Waals surface area contributed by atoms with Crippen LogP contribution >= 0.6 is 67.8 Å². The lowest BCUT2D eigenvalue weighted by Crippen LogP contribution is -2.21.